The average molecular weight is 457 g/mol. The van der Waals surface area contributed by atoms with Gasteiger partial charge >= 0.3 is 0 Å². The molecular weight excluding hydrogens is 436 g/mol. The largest absolute Gasteiger partial charge is 0.304 e. The van der Waals surface area contributed by atoms with Crippen LogP contribution in [0.25, 0.3) is 22.2 Å². The molecule has 164 valence electrons. The molecule has 0 atom stereocenters. The Morgan fingerprint density at radius 1 is 1.03 bits per heavy atom. The Kier molecular flexibility index (Phi) is 5.62. The Balaban J connectivity index is 1.47. The smallest absolute Gasteiger partial charge is 0.257 e. The van der Waals surface area contributed by atoms with Gasteiger partial charge in [-0.2, -0.15) is 10.2 Å². The molecule has 5 rings (SSSR count). The van der Waals surface area contributed by atoms with Gasteiger partial charge in [0, 0.05) is 29.9 Å². The summed E-state index contributed by atoms with van der Waals surface area (Å²) in [6.45, 7) is 3.33. The summed E-state index contributed by atoms with van der Waals surface area (Å²) in [6.07, 6.45) is 5.38. The molecule has 2 aromatic carbocycles. The van der Waals surface area contributed by atoms with E-state index >= 15 is 0 Å². The topological polar surface area (TPSA) is 77.6 Å². The Labute approximate surface area is 195 Å². The van der Waals surface area contributed by atoms with Crippen molar-refractivity contribution in [1.82, 2.24) is 24.5 Å². The van der Waals surface area contributed by atoms with E-state index in [1.54, 1.807) is 23.1 Å². The Morgan fingerprint density at radius 2 is 1.82 bits per heavy atom. The first-order valence-corrected chi connectivity index (χ1v) is 11.0. The molecule has 5 aromatic rings. The summed E-state index contributed by atoms with van der Waals surface area (Å²) in [4.78, 5) is 18.1. The van der Waals surface area contributed by atoms with Gasteiger partial charge < -0.3 is 5.32 Å². The van der Waals surface area contributed by atoms with Gasteiger partial charge in [0.05, 0.1) is 29.5 Å². The number of para-hydroxylation sites is 1. The molecule has 0 unspecified atom stereocenters. The van der Waals surface area contributed by atoms with Crippen LogP contribution >= 0.6 is 11.6 Å². The second-order valence-electron chi connectivity index (χ2n) is 7.62. The fourth-order valence-electron chi connectivity index (χ4n) is 3.69. The number of aromatic nitrogens is 5. The zero-order valence-electron chi connectivity index (χ0n) is 17.9. The fraction of sp³-hybridized carbons (Fsp3) is 0.120. The second-order valence-corrected chi connectivity index (χ2v) is 8.03. The second kappa shape index (κ2) is 8.88. The van der Waals surface area contributed by atoms with E-state index in [9.17, 15) is 4.79 Å². The number of hydrogen-bond donors (Lipinski definition) is 1. The molecule has 0 aliphatic carbocycles. The van der Waals surface area contributed by atoms with Gasteiger partial charge in [-0.25, -0.2) is 4.98 Å². The van der Waals surface area contributed by atoms with Crippen LogP contribution in [0.3, 0.4) is 0 Å². The number of nitrogens with zero attached hydrogens (tertiary/aromatic N) is 5. The van der Waals surface area contributed by atoms with Crippen molar-refractivity contribution >= 4 is 34.2 Å². The standard InChI is InChI=1S/C25H21ClN6O/c1-2-31-15-18(13-27-31)23-12-20(19-10-6-7-11-22(19)28-23)25(33)29-24-21(26)16-32(30-24)14-17-8-4-3-5-9-17/h3-13,15-16H,2,14H2,1H3,(H,29,30,33). The molecule has 0 saturated heterocycles. The zero-order chi connectivity index (χ0) is 22.8. The van der Waals surface area contributed by atoms with Gasteiger partial charge in [0.1, 0.15) is 5.02 Å². The lowest BCUT2D eigenvalue weighted by atomic mass is 10.0. The molecule has 0 bridgehead atoms. The van der Waals surface area contributed by atoms with Crippen LogP contribution in [0.15, 0.2) is 79.3 Å². The molecular formula is C25H21ClN6O. The number of aryl methyl sites for hydroxylation is 1. The SMILES string of the molecule is CCn1cc(-c2cc(C(=O)Nc3nn(Cc4ccccc4)cc3Cl)c3ccccc3n2)cn1. The lowest BCUT2D eigenvalue weighted by Crippen LogP contribution is -2.14. The lowest BCUT2D eigenvalue weighted by Gasteiger charge is -2.09. The maximum Gasteiger partial charge on any atom is 0.257 e. The summed E-state index contributed by atoms with van der Waals surface area (Å²) < 4.78 is 3.54. The highest BCUT2D eigenvalue weighted by Gasteiger charge is 2.17. The van der Waals surface area contributed by atoms with Crippen LogP contribution in [0, 0.1) is 0 Å². The summed E-state index contributed by atoms with van der Waals surface area (Å²) in [7, 11) is 0. The molecule has 7 nitrogen and oxygen atoms in total. The van der Waals surface area contributed by atoms with Crippen molar-refractivity contribution in [3.63, 3.8) is 0 Å². The minimum Gasteiger partial charge on any atom is -0.304 e. The van der Waals surface area contributed by atoms with Gasteiger partial charge in [0.2, 0.25) is 0 Å². The average Bonchev–Trinajstić information content (AvgIpc) is 3.45. The van der Waals surface area contributed by atoms with Gasteiger partial charge in [0.25, 0.3) is 5.91 Å². The molecule has 0 radical (unpaired) electrons. The van der Waals surface area contributed by atoms with Crippen molar-refractivity contribution < 1.29 is 4.79 Å². The van der Waals surface area contributed by atoms with Gasteiger partial charge in [-0.1, -0.05) is 60.1 Å². The minimum atomic E-state index is -0.301. The van der Waals surface area contributed by atoms with Gasteiger partial charge in [-0.05, 0) is 24.6 Å². The first kappa shape index (κ1) is 20.9. The highest BCUT2D eigenvalue weighted by molar-refractivity contribution is 6.33. The molecule has 1 amide bonds. The number of carbonyl (C=O) groups is 1. The number of halogens is 1. The van der Waals surface area contributed by atoms with Crippen molar-refractivity contribution in [2.24, 2.45) is 0 Å². The minimum absolute atomic E-state index is 0.301. The molecule has 0 aliphatic heterocycles. The zero-order valence-corrected chi connectivity index (χ0v) is 18.7. The summed E-state index contributed by atoms with van der Waals surface area (Å²) in [5, 5.41) is 12.8. The number of benzene rings is 2. The highest BCUT2D eigenvalue weighted by Crippen LogP contribution is 2.27. The predicted octanol–water partition coefficient (Wildman–Crippen LogP) is 5.27. The monoisotopic (exact) mass is 456 g/mol. The van der Waals surface area contributed by atoms with Crippen LogP contribution in [-0.2, 0) is 13.1 Å². The summed E-state index contributed by atoms with van der Waals surface area (Å²) in [5.41, 5.74) is 3.84. The summed E-state index contributed by atoms with van der Waals surface area (Å²) in [5.74, 6) is 0.0171. The van der Waals surface area contributed by atoms with E-state index in [0.717, 1.165) is 28.6 Å². The summed E-state index contributed by atoms with van der Waals surface area (Å²) in [6, 6.07) is 19.3. The van der Waals surface area contributed by atoms with Crippen LogP contribution in [-0.4, -0.2) is 30.5 Å². The van der Waals surface area contributed by atoms with Crippen molar-refractivity contribution in [1.29, 1.82) is 0 Å². The van der Waals surface area contributed by atoms with Crippen LogP contribution < -0.4 is 5.32 Å². The third-order valence-electron chi connectivity index (χ3n) is 5.35. The molecule has 0 aliphatic rings. The third kappa shape index (κ3) is 4.36. The number of hydrogen-bond acceptors (Lipinski definition) is 4. The van der Waals surface area contributed by atoms with E-state index in [1.165, 1.54) is 0 Å². The van der Waals surface area contributed by atoms with Crippen molar-refractivity contribution in [2.75, 3.05) is 5.32 Å². The van der Waals surface area contributed by atoms with Crippen molar-refractivity contribution in [3.05, 3.63) is 95.4 Å². The van der Waals surface area contributed by atoms with Crippen LogP contribution in [0.4, 0.5) is 5.82 Å². The molecule has 8 heteroatoms. The quantitative estimate of drug-likeness (QED) is 0.377. The third-order valence-corrected chi connectivity index (χ3v) is 5.63. The maximum atomic E-state index is 13.3. The van der Waals surface area contributed by atoms with Gasteiger partial charge in [-0.3, -0.25) is 14.2 Å². The number of nitrogens with one attached hydrogen (secondary N) is 1. The maximum absolute atomic E-state index is 13.3. The van der Waals surface area contributed by atoms with E-state index < -0.39 is 0 Å². The van der Waals surface area contributed by atoms with E-state index in [1.807, 2.05) is 72.4 Å². The number of amides is 1. The molecule has 3 heterocycles. The van der Waals surface area contributed by atoms with E-state index in [2.05, 4.69) is 15.5 Å². The Bertz CT molecular complexity index is 1440. The first-order valence-electron chi connectivity index (χ1n) is 10.6. The van der Waals surface area contributed by atoms with Gasteiger partial charge in [-0.15, -0.1) is 0 Å². The molecule has 0 saturated carbocycles. The normalized spacial score (nSPS) is 11.1. The Morgan fingerprint density at radius 3 is 2.61 bits per heavy atom. The first-order chi connectivity index (χ1) is 16.1. The summed E-state index contributed by atoms with van der Waals surface area (Å²) >= 11 is 6.39. The predicted molar refractivity (Wildman–Crippen MR) is 129 cm³/mol. The van der Waals surface area contributed by atoms with Crippen molar-refractivity contribution in [2.45, 2.75) is 20.0 Å². The van der Waals surface area contributed by atoms with E-state index in [-0.39, 0.29) is 5.91 Å². The van der Waals surface area contributed by atoms with E-state index in [4.69, 9.17) is 16.6 Å². The molecule has 33 heavy (non-hydrogen) atoms. The lowest BCUT2D eigenvalue weighted by molar-refractivity contribution is 0.102. The number of fused-ring (bicyclic) bond motifs is 1. The highest BCUT2D eigenvalue weighted by atomic mass is 35.5. The molecule has 3 aromatic heterocycles. The number of carbonyl (C=O) groups excluding carboxylic acids is 1. The number of pyridine rings is 1. The molecule has 0 spiro atoms. The van der Waals surface area contributed by atoms with Crippen LogP contribution in [0.2, 0.25) is 5.02 Å². The van der Waals surface area contributed by atoms with Crippen molar-refractivity contribution in [3.8, 4) is 11.3 Å². The molecule has 1 N–H and O–H groups in total. The number of anilines is 1. The van der Waals surface area contributed by atoms with Crippen LogP contribution in [0.1, 0.15) is 22.8 Å². The number of rotatable bonds is 6. The van der Waals surface area contributed by atoms with Gasteiger partial charge in [0.15, 0.2) is 5.82 Å². The molecule has 0 fully saturated rings. The van der Waals surface area contributed by atoms with Crippen LogP contribution in [0.5, 0.6) is 0 Å². The Hall–Kier alpha value is -3.97. The fourth-order valence-corrected chi connectivity index (χ4v) is 3.89. The van der Waals surface area contributed by atoms with E-state index in [0.29, 0.717) is 28.6 Å².